The first-order valence-electron chi connectivity index (χ1n) is 10.1. The summed E-state index contributed by atoms with van der Waals surface area (Å²) in [5, 5.41) is 1.32. The zero-order valence-corrected chi connectivity index (χ0v) is 17.2. The van der Waals surface area contributed by atoms with Crippen molar-refractivity contribution >= 4 is 10.8 Å². The minimum atomic E-state index is -0.885. The Morgan fingerprint density at radius 3 is 2.35 bits per heavy atom. The van der Waals surface area contributed by atoms with E-state index in [-0.39, 0.29) is 5.82 Å². The Labute approximate surface area is 179 Å². The van der Waals surface area contributed by atoms with Crippen LogP contribution in [-0.2, 0) is 24.0 Å². The quantitative estimate of drug-likeness (QED) is 0.350. The Kier molecular flexibility index (Phi) is 6.33. The number of hydrogen-bond donors (Lipinski definition) is 0. The van der Waals surface area contributed by atoms with Crippen molar-refractivity contribution in [1.29, 1.82) is 0 Å². The van der Waals surface area contributed by atoms with Crippen LogP contribution in [0.2, 0.25) is 0 Å². The summed E-state index contributed by atoms with van der Waals surface area (Å²) in [6, 6.07) is 17.0. The fourth-order valence-electron chi connectivity index (χ4n) is 3.63. The Bertz CT molecular complexity index is 1210. The van der Waals surface area contributed by atoms with Gasteiger partial charge in [0.05, 0.1) is 12.3 Å². The van der Waals surface area contributed by atoms with E-state index in [9.17, 15) is 8.78 Å². The standard InChI is InChI=1S/C26H22F3NO/c1-31-13-12-18-4-11-25(30-16-18)21-8-9-22-20(15-21)7-6-19(26(22)29)5-2-17-3-10-23(27)24(28)14-17/h3-4,6-11,14-16H,2,5,12-13H2,1H3. The van der Waals surface area contributed by atoms with Gasteiger partial charge in [0.25, 0.3) is 0 Å². The second-order valence-corrected chi connectivity index (χ2v) is 7.52. The van der Waals surface area contributed by atoms with E-state index in [1.54, 1.807) is 19.2 Å². The number of benzene rings is 3. The van der Waals surface area contributed by atoms with Crippen molar-refractivity contribution in [3.63, 3.8) is 0 Å². The molecule has 0 unspecified atom stereocenters. The normalized spacial score (nSPS) is 11.2. The van der Waals surface area contributed by atoms with Crippen LogP contribution in [0.1, 0.15) is 16.7 Å². The van der Waals surface area contributed by atoms with E-state index in [4.69, 9.17) is 4.74 Å². The maximum absolute atomic E-state index is 15.1. The van der Waals surface area contributed by atoms with E-state index in [1.165, 1.54) is 6.07 Å². The number of hydrogen-bond acceptors (Lipinski definition) is 2. The minimum Gasteiger partial charge on any atom is -0.384 e. The van der Waals surface area contributed by atoms with Crippen LogP contribution >= 0.6 is 0 Å². The van der Waals surface area contributed by atoms with Gasteiger partial charge in [-0.25, -0.2) is 13.2 Å². The van der Waals surface area contributed by atoms with Crippen molar-refractivity contribution < 1.29 is 17.9 Å². The topological polar surface area (TPSA) is 22.1 Å². The Morgan fingerprint density at radius 1 is 0.774 bits per heavy atom. The summed E-state index contributed by atoms with van der Waals surface area (Å²) in [5.74, 6) is -2.05. The summed E-state index contributed by atoms with van der Waals surface area (Å²) in [6.07, 6.45) is 3.47. The van der Waals surface area contributed by atoms with Crippen LogP contribution in [0.3, 0.4) is 0 Å². The number of ether oxygens (including phenoxy) is 1. The predicted molar refractivity (Wildman–Crippen MR) is 116 cm³/mol. The lowest BCUT2D eigenvalue weighted by molar-refractivity contribution is 0.202. The maximum atomic E-state index is 15.1. The fourth-order valence-corrected chi connectivity index (χ4v) is 3.63. The summed E-state index contributed by atoms with van der Waals surface area (Å²) in [7, 11) is 1.67. The first kappa shape index (κ1) is 21.1. The molecule has 31 heavy (non-hydrogen) atoms. The number of aromatic nitrogens is 1. The Morgan fingerprint density at radius 2 is 1.61 bits per heavy atom. The van der Waals surface area contributed by atoms with E-state index in [2.05, 4.69) is 4.98 Å². The van der Waals surface area contributed by atoms with Crippen molar-refractivity contribution in [2.24, 2.45) is 0 Å². The van der Waals surface area contributed by atoms with Gasteiger partial charge in [-0.15, -0.1) is 0 Å². The zero-order chi connectivity index (χ0) is 21.8. The van der Waals surface area contributed by atoms with Gasteiger partial charge in [-0.2, -0.15) is 0 Å². The van der Waals surface area contributed by atoms with E-state index in [0.29, 0.717) is 36.0 Å². The first-order valence-corrected chi connectivity index (χ1v) is 10.1. The van der Waals surface area contributed by atoms with Gasteiger partial charge in [-0.1, -0.05) is 36.4 Å². The second-order valence-electron chi connectivity index (χ2n) is 7.52. The minimum absolute atomic E-state index is 0.283. The molecule has 0 saturated heterocycles. The van der Waals surface area contributed by atoms with Crippen molar-refractivity contribution in [3.05, 3.63) is 101 Å². The molecule has 0 aliphatic rings. The molecule has 1 aromatic heterocycles. The third-order valence-electron chi connectivity index (χ3n) is 5.42. The molecule has 0 aliphatic heterocycles. The monoisotopic (exact) mass is 421 g/mol. The molecular formula is C26H22F3NO. The number of aryl methyl sites for hydroxylation is 2. The SMILES string of the molecule is COCCc1ccc(-c2ccc3c(F)c(CCc4ccc(F)c(F)c4)ccc3c2)nc1. The van der Waals surface area contributed by atoms with Crippen molar-refractivity contribution in [3.8, 4) is 11.3 Å². The van der Waals surface area contributed by atoms with Gasteiger partial charge in [0.15, 0.2) is 11.6 Å². The largest absolute Gasteiger partial charge is 0.384 e. The number of nitrogens with zero attached hydrogens (tertiary/aromatic N) is 1. The van der Waals surface area contributed by atoms with Crippen LogP contribution < -0.4 is 0 Å². The molecule has 0 amide bonds. The van der Waals surface area contributed by atoms with Gasteiger partial charge < -0.3 is 4.74 Å². The molecule has 0 fully saturated rings. The second kappa shape index (κ2) is 9.31. The molecule has 2 nitrogen and oxygen atoms in total. The van der Waals surface area contributed by atoms with Crippen LogP contribution in [0.25, 0.3) is 22.0 Å². The molecule has 3 aromatic carbocycles. The van der Waals surface area contributed by atoms with Crippen LogP contribution in [-0.4, -0.2) is 18.7 Å². The van der Waals surface area contributed by atoms with Gasteiger partial charge in [0.1, 0.15) is 5.82 Å². The number of fused-ring (bicyclic) bond motifs is 1. The molecule has 0 radical (unpaired) electrons. The molecule has 1 heterocycles. The molecule has 4 aromatic rings. The third kappa shape index (κ3) is 4.78. The molecule has 5 heteroatoms. The number of halogens is 3. The lowest BCUT2D eigenvalue weighted by Crippen LogP contribution is -1.97. The summed E-state index contributed by atoms with van der Waals surface area (Å²) < 4.78 is 46.6. The van der Waals surface area contributed by atoms with Crippen LogP contribution in [0.4, 0.5) is 13.2 Å². The van der Waals surface area contributed by atoms with E-state index < -0.39 is 11.6 Å². The highest BCUT2D eigenvalue weighted by molar-refractivity contribution is 5.88. The average Bonchev–Trinajstić information content (AvgIpc) is 2.79. The molecule has 0 saturated carbocycles. The Hall–Kier alpha value is -3.18. The van der Waals surface area contributed by atoms with Crippen LogP contribution in [0.15, 0.2) is 66.9 Å². The van der Waals surface area contributed by atoms with Gasteiger partial charge in [-0.3, -0.25) is 4.98 Å². The summed E-state index contributed by atoms with van der Waals surface area (Å²) in [6.45, 7) is 0.648. The van der Waals surface area contributed by atoms with Crippen LogP contribution in [0.5, 0.6) is 0 Å². The lowest BCUT2D eigenvalue weighted by Gasteiger charge is -2.09. The van der Waals surface area contributed by atoms with Crippen molar-refractivity contribution in [2.45, 2.75) is 19.3 Å². The molecule has 0 spiro atoms. The predicted octanol–water partition coefficient (Wildman–Crippen LogP) is 6.29. The highest BCUT2D eigenvalue weighted by Gasteiger charge is 2.10. The molecular weight excluding hydrogens is 399 g/mol. The number of pyridine rings is 1. The molecule has 0 aliphatic carbocycles. The summed E-state index contributed by atoms with van der Waals surface area (Å²) in [5.41, 5.74) is 4.02. The van der Waals surface area contributed by atoms with Gasteiger partial charge in [0, 0.05) is 24.3 Å². The molecule has 0 atom stereocenters. The molecule has 0 bridgehead atoms. The third-order valence-corrected chi connectivity index (χ3v) is 5.42. The van der Waals surface area contributed by atoms with Crippen LogP contribution in [0, 0.1) is 17.5 Å². The summed E-state index contributed by atoms with van der Waals surface area (Å²) in [4.78, 5) is 4.52. The number of methoxy groups -OCH3 is 1. The first-order chi connectivity index (χ1) is 15.0. The summed E-state index contributed by atoms with van der Waals surface area (Å²) >= 11 is 0. The van der Waals surface area contributed by atoms with E-state index in [1.807, 2.05) is 36.5 Å². The van der Waals surface area contributed by atoms with Crippen molar-refractivity contribution in [2.75, 3.05) is 13.7 Å². The van der Waals surface area contributed by atoms with Crippen molar-refractivity contribution in [1.82, 2.24) is 4.98 Å². The van der Waals surface area contributed by atoms with Gasteiger partial charge >= 0.3 is 0 Å². The maximum Gasteiger partial charge on any atom is 0.159 e. The molecule has 4 rings (SSSR count). The smallest absolute Gasteiger partial charge is 0.159 e. The van der Waals surface area contributed by atoms with E-state index in [0.717, 1.165) is 40.8 Å². The highest BCUT2D eigenvalue weighted by atomic mass is 19.2. The number of rotatable bonds is 7. The Balaban J connectivity index is 1.54. The highest BCUT2D eigenvalue weighted by Crippen LogP contribution is 2.27. The molecule has 0 N–H and O–H groups in total. The van der Waals surface area contributed by atoms with Gasteiger partial charge in [0.2, 0.25) is 0 Å². The zero-order valence-electron chi connectivity index (χ0n) is 17.2. The lowest BCUT2D eigenvalue weighted by atomic mass is 9.98. The fraction of sp³-hybridized carbons (Fsp3) is 0.192. The van der Waals surface area contributed by atoms with Gasteiger partial charge in [-0.05, 0) is 65.6 Å². The van der Waals surface area contributed by atoms with E-state index >= 15 is 4.39 Å². The average molecular weight is 421 g/mol. The molecule has 158 valence electrons.